The van der Waals surface area contributed by atoms with Crippen LogP contribution in [-0.2, 0) is 9.59 Å². The maximum Gasteiger partial charge on any atom is 0.308 e. The minimum Gasteiger partial charge on any atom is -0.423 e. The quantitative estimate of drug-likeness (QED) is 0.509. The second kappa shape index (κ2) is 4.97. The highest BCUT2D eigenvalue weighted by Crippen LogP contribution is 2.34. The van der Waals surface area contributed by atoms with Crippen molar-refractivity contribution >= 4 is 45.4 Å². The van der Waals surface area contributed by atoms with Gasteiger partial charge in [-0.1, -0.05) is 0 Å². The lowest BCUT2D eigenvalue weighted by molar-refractivity contribution is -0.134. The topological polar surface area (TPSA) is 68.4 Å². The second-order valence-corrected chi connectivity index (χ2v) is 4.83. The standard InChI is InChI=1S/C12H10INO4/c1-6(15)17-11-3-8-9(13)5-14-10(8)4-12(11)18-7(2)16/h3-5,14H,1-2H3. The molecule has 0 aliphatic rings. The summed E-state index contributed by atoms with van der Waals surface area (Å²) in [5.41, 5.74) is 0.812. The molecule has 0 aliphatic carbocycles. The molecule has 0 aliphatic heterocycles. The van der Waals surface area contributed by atoms with Crippen LogP contribution in [0.25, 0.3) is 10.9 Å². The Balaban J connectivity index is 2.56. The van der Waals surface area contributed by atoms with E-state index in [1.807, 2.05) is 6.20 Å². The predicted octanol–water partition coefficient (Wildman–Crippen LogP) is 2.62. The average molecular weight is 359 g/mol. The van der Waals surface area contributed by atoms with Crippen LogP contribution in [0.2, 0.25) is 0 Å². The molecule has 94 valence electrons. The van der Waals surface area contributed by atoms with E-state index in [4.69, 9.17) is 9.47 Å². The summed E-state index contributed by atoms with van der Waals surface area (Å²) in [7, 11) is 0. The van der Waals surface area contributed by atoms with Gasteiger partial charge < -0.3 is 14.5 Å². The summed E-state index contributed by atoms with van der Waals surface area (Å²) >= 11 is 2.16. The van der Waals surface area contributed by atoms with Crippen LogP contribution in [-0.4, -0.2) is 16.9 Å². The van der Waals surface area contributed by atoms with E-state index >= 15 is 0 Å². The lowest BCUT2D eigenvalue weighted by atomic mass is 10.2. The molecule has 0 bridgehead atoms. The van der Waals surface area contributed by atoms with E-state index in [2.05, 4.69) is 27.6 Å². The SMILES string of the molecule is CC(=O)Oc1cc2[nH]cc(I)c2cc1OC(C)=O. The van der Waals surface area contributed by atoms with E-state index in [0.717, 1.165) is 14.5 Å². The molecule has 5 nitrogen and oxygen atoms in total. The van der Waals surface area contributed by atoms with Gasteiger partial charge in [-0.3, -0.25) is 9.59 Å². The van der Waals surface area contributed by atoms with Gasteiger partial charge in [-0.05, 0) is 28.7 Å². The summed E-state index contributed by atoms with van der Waals surface area (Å²) in [6, 6.07) is 3.31. The van der Waals surface area contributed by atoms with Crippen LogP contribution >= 0.6 is 22.6 Å². The summed E-state index contributed by atoms with van der Waals surface area (Å²) in [5, 5.41) is 0.905. The highest BCUT2D eigenvalue weighted by atomic mass is 127. The Morgan fingerprint density at radius 2 is 1.67 bits per heavy atom. The van der Waals surface area contributed by atoms with Crippen molar-refractivity contribution in [1.82, 2.24) is 4.98 Å². The summed E-state index contributed by atoms with van der Waals surface area (Å²) in [6.45, 7) is 2.59. The number of ether oxygens (including phenoxy) is 2. The van der Waals surface area contributed by atoms with E-state index in [1.54, 1.807) is 12.1 Å². The smallest absolute Gasteiger partial charge is 0.308 e. The molecule has 0 spiro atoms. The largest absolute Gasteiger partial charge is 0.423 e. The number of hydrogen-bond acceptors (Lipinski definition) is 4. The van der Waals surface area contributed by atoms with E-state index in [9.17, 15) is 9.59 Å². The summed E-state index contributed by atoms with van der Waals surface area (Å²) in [4.78, 5) is 25.1. The monoisotopic (exact) mass is 359 g/mol. The Morgan fingerprint density at radius 1 is 1.11 bits per heavy atom. The van der Waals surface area contributed by atoms with Gasteiger partial charge in [0.25, 0.3) is 0 Å². The first-order valence-electron chi connectivity index (χ1n) is 5.15. The van der Waals surface area contributed by atoms with Crippen molar-refractivity contribution in [2.24, 2.45) is 0 Å². The maximum atomic E-state index is 11.0. The molecular weight excluding hydrogens is 349 g/mol. The Kier molecular flexibility index (Phi) is 3.55. The van der Waals surface area contributed by atoms with Crippen LogP contribution in [0.5, 0.6) is 11.5 Å². The lowest BCUT2D eigenvalue weighted by Gasteiger charge is -2.08. The molecule has 2 aromatic rings. The van der Waals surface area contributed by atoms with Gasteiger partial charge in [0.15, 0.2) is 11.5 Å². The minimum atomic E-state index is -0.469. The third-order valence-electron chi connectivity index (χ3n) is 2.20. The van der Waals surface area contributed by atoms with Crippen molar-refractivity contribution in [3.8, 4) is 11.5 Å². The highest BCUT2D eigenvalue weighted by Gasteiger charge is 2.14. The molecule has 0 saturated heterocycles. The number of carbonyl (C=O) groups is 2. The molecule has 2 rings (SSSR count). The molecular formula is C12H10INO4. The number of aromatic amines is 1. The van der Waals surface area contributed by atoms with Crippen LogP contribution in [0.1, 0.15) is 13.8 Å². The summed E-state index contributed by atoms with van der Waals surface area (Å²) in [6.07, 6.45) is 1.82. The fraction of sp³-hybridized carbons (Fsp3) is 0.167. The van der Waals surface area contributed by atoms with Gasteiger partial charge in [0.05, 0.1) is 5.52 Å². The van der Waals surface area contributed by atoms with Crippen LogP contribution in [0, 0.1) is 3.57 Å². The van der Waals surface area contributed by atoms with E-state index < -0.39 is 11.9 Å². The summed E-state index contributed by atoms with van der Waals surface area (Å²) in [5.74, 6) is -0.469. The first kappa shape index (κ1) is 12.9. The number of esters is 2. The number of H-pyrrole nitrogens is 1. The molecule has 0 atom stereocenters. The van der Waals surface area contributed by atoms with Gasteiger partial charge in [-0.25, -0.2) is 0 Å². The van der Waals surface area contributed by atoms with Gasteiger partial charge in [0, 0.05) is 35.1 Å². The molecule has 18 heavy (non-hydrogen) atoms. The Morgan fingerprint density at radius 3 is 2.22 bits per heavy atom. The normalized spacial score (nSPS) is 10.4. The number of hydrogen-bond donors (Lipinski definition) is 1. The molecule has 1 aromatic heterocycles. The minimum absolute atomic E-state index is 0.225. The first-order chi connectivity index (χ1) is 8.47. The third-order valence-corrected chi connectivity index (χ3v) is 3.10. The molecule has 6 heteroatoms. The molecule has 0 saturated carbocycles. The van der Waals surface area contributed by atoms with Crippen molar-refractivity contribution in [3.05, 3.63) is 21.9 Å². The fourth-order valence-electron chi connectivity index (χ4n) is 1.57. The lowest BCUT2D eigenvalue weighted by Crippen LogP contribution is -2.07. The number of fused-ring (bicyclic) bond motifs is 1. The molecule has 0 amide bonds. The van der Waals surface area contributed by atoms with Crippen molar-refractivity contribution in [2.75, 3.05) is 0 Å². The molecule has 0 radical (unpaired) electrons. The van der Waals surface area contributed by atoms with Gasteiger partial charge in [0.2, 0.25) is 0 Å². The highest BCUT2D eigenvalue weighted by molar-refractivity contribution is 14.1. The number of halogens is 1. The van der Waals surface area contributed by atoms with E-state index in [-0.39, 0.29) is 11.5 Å². The molecule has 0 unspecified atom stereocenters. The zero-order chi connectivity index (χ0) is 13.3. The van der Waals surface area contributed by atoms with Crippen LogP contribution < -0.4 is 9.47 Å². The van der Waals surface area contributed by atoms with Gasteiger partial charge in [0.1, 0.15) is 0 Å². The zero-order valence-corrected chi connectivity index (χ0v) is 11.9. The van der Waals surface area contributed by atoms with E-state index in [0.29, 0.717) is 0 Å². The number of carbonyl (C=O) groups excluding carboxylic acids is 2. The number of benzene rings is 1. The molecule has 0 fully saturated rings. The average Bonchev–Trinajstić information content (AvgIpc) is 2.59. The van der Waals surface area contributed by atoms with Crippen molar-refractivity contribution in [2.45, 2.75) is 13.8 Å². The summed E-state index contributed by atoms with van der Waals surface area (Å²) < 4.78 is 11.1. The van der Waals surface area contributed by atoms with Crippen molar-refractivity contribution in [1.29, 1.82) is 0 Å². The van der Waals surface area contributed by atoms with Gasteiger partial charge >= 0.3 is 11.9 Å². The number of aromatic nitrogens is 1. The fourth-order valence-corrected chi connectivity index (χ4v) is 2.17. The van der Waals surface area contributed by atoms with Crippen molar-refractivity contribution in [3.63, 3.8) is 0 Å². The number of rotatable bonds is 2. The maximum absolute atomic E-state index is 11.0. The Hall–Kier alpha value is -1.57. The first-order valence-corrected chi connectivity index (χ1v) is 6.22. The van der Waals surface area contributed by atoms with Gasteiger partial charge in [-0.15, -0.1) is 0 Å². The van der Waals surface area contributed by atoms with Crippen LogP contribution in [0.3, 0.4) is 0 Å². The zero-order valence-electron chi connectivity index (χ0n) is 9.74. The van der Waals surface area contributed by atoms with Crippen molar-refractivity contribution < 1.29 is 19.1 Å². The molecule has 1 aromatic carbocycles. The van der Waals surface area contributed by atoms with Gasteiger partial charge in [-0.2, -0.15) is 0 Å². The second-order valence-electron chi connectivity index (χ2n) is 3.67. The molecule has 1 N–H and O–H groups in total. The Bertz CT molecular complexity index is 632. The number of nitrogens with one attached hydrogen (secondary N) is 1. The van der Waals surface area contributed by atoms with E-state index in [1.165, 1.54) is 13.8 Å². The van der Waals surface area contributed by atoms with Crippen LogP contribution in [0.4, 0.5) is 0 Å². The Labute approximate surface area is 117 Å². The third kappa shape index (κ3) is 2.63. The predicted molar refractivity (Wildman–Crippen MR) is 73.6 cm³/mol. The van der Waals surface area contributed by atoms with Crippen LogP contribution in [0.15, 0.2) is 18.3 Å². The molecule has 1 heterocycles.